The molecule has 0 aliphatic carbocycles. The Balaban J connectivity index is 1.83. The summed E-state index contributed by atoms with van der Waals surface area (Å²) < 4.78 is 5.21. The molecule has 4 rings (SSSR count). The number of nitrogens with zero attached hydrogens (tertiary/aromatic N) is 3. The number of halogens is 1. The molecule has 0 radical (unpaired) electrons. The third-order valence-corrected chi connectivity index (χ3v) is 5.97. The number of fused-ring (bicyclic) bond motifs is 1. The summed E-state index contributed by atoms with van der Waals surface area (Å²) in [4.78, 5) is 29.4. The van der Waals surface area contributed by atoms with E-state index in [0.29, 0.717) is 16.8 Å². The van der Waals surface area contributed by atoms with Crippen molar-refractivity contribution in [1.29, 1.82) is 0 Å². The van der Waals surface area contributed by atoms with E-state index in [-0.39, 0.29) is 28.2 Å². The third-order valence-electron chi connectivity index (χ3n) is 4.48. The molecule has 1 atom stereocenters. The number of aromatic nitrogens is 1. The van der Waals surface area contributed by atoms with Crippen molar-refractivity contribution in [2.45, 2.75) is 5.37 Å². The highest BCUT2D eigenvalue weighted by molar-refractivity contribution is 8.00. The number of benzene rings is 2. The second kappa shape index (κ2) is 7.29. The zero-order valence-corrected chi connectivity index (χ0v) is 16.2. The van der Waals surface area contributed by atoms with Crippen LogP contribution in [0.5, 0.6) is 5.75 Å². The lowest BCUT2D eigenvalue weighted by Crippen LogP contribution is -2.28. The fraction of sp³-hybridized carbons (Fsp3) is 0.158. The van der Waals surface area contributed by atoms with Crippen LogP contribution in [0.1, 0.15) is 10.9 Å². The van der Waals surface area contributed by atoms with Gasteiger partial charge in [0, 0.05) is 23.1 Å². The average molecular weight is 416 g/mol. The summed E-state index contributed by atoms with van der Waals surface area (Å²) in [5, 5.41) is 12.0. The number of carbonyl (C=O) groups excluding carboxylic acids is 1. The van der Waals surface area contributed by atoms with Crippen molar-refractivity contribution in [3.05, 3.63) is 69.4 Å². The summed E-state index contributed by atoms with van der Waals surface area (Å²) in [6, 6.07) is 13.5. The van der Waals surface area contributed by atoms with Crippen LogP contribution in [0.2, 0.25) is 5.15 Å². The smallest absolute Gasteiger partial charge is 0.293 e. The molecule has 1 aliphatic heterocycles. The van der Waals surface area contributed by atoms with Gasteiger partial charge in [-0.05, 0) is 24.3 Å². The summed E-state index contributed by atoms with van der Waals surface area (Å²) in [5.41, 5.74) is 1.42. The van der Waals surface area contributed by atoms with Crippen molar-refractivity contribution in [3.63, 3.8) is 0 Å². The molecule has 0 saturated carbocycles. The highest BCUT2D eigenvalue weighted by Gasteiger charge is 2.38. The number of hydrogen-bond donors (Lipinski definition) is 0. The van der Waals surface area contributed by atoms with Gasteiger partial charge in [-0.1, -0.05) is 23.7 Å². The van der Waals surface area contributed by atoms with Gasteiger partial charge >= 0.3 is 0 Å². The van der Waals surface area contributed by atoms with Crippen LogP contribution in [0.3, 0.4) is 0 Å². The molecule has 1 fully saturated rings. The van der Waals surface area contributed by atoms with Crippen molar-refractivity contribution in [2.24, 2.45) is 0 Å². The van der Waals surface area contributed by atoms with Gasteiger partial charge in [-0.25, -0.2) is 4.98 Å². The molecule has 2 aromatic carbocycles. The van der Waals surface area contributed by atoms with E-state index >= 15 is 0 Å². The number of methoxy groups -OCH3 is 1. The molecule has 0 bridgehead atoms. The van der Waals surface area contributed by atoms with Gasteiger partial charge in [0.2, 0.25) is 5.91 Å². The van der Waals surface area contributed by atoms with Gasteiger partial charge in [0.1, 0.15) is 22.0 Å². The number of nitro benzene ring substituents is 1. The van der Waals surface area contributed by atoms with E-state index in [4.69, 9.17) is 16.3 Å². The maximum Gasteiger partial charge on any atom is 0.293 e. The first-order chi connectivity index (χ1) is 13.5. The Labute approximate surface area is 169 Å². The lowest BCUT2D eigenvalue weighted by molar-refractivity contribution is -0.384. The zero-order chi connectivity index (χ0) is 19.8. The molecule has 0 N–H and O–H groups in total. The van der Waals surface area contributed by atoms with E-state index in [0.717, 1.165) is 5.39 Å². The number of rotatable bonds is 4. The molecule has 28 heavy (non-hydrogen) atoms. The number of para-hydroxylation sites is 2. The molecule has 3 aromatic rings. The summed E-state index contributed by atoms with van der Waals surface area (Å²) >= 11 is 7.81. The summed E-state index contributed by atoms with van der Waals surface area (Å²) in [7, 11) is 1.57. The topological polar surface area (TPSA) is 85.6 Å². The van der Waals surface area contributed by atoms with Gasteiger partial charge in [0.25, 0.3) is 5.69 Å². The number of anilines is 1. The predicted molar refractivity (Wildman–Crippen MR) is 109 cm³/mol. The van der Waals surface area contributed by atoms with Crippen LogP contribution in [0, 0.1) is 10.1 Å². The highest BCUT2D eigenvalue weighted by atomic mass is 35.5. The minimum Gasteiger partial charge on any atom is -0.497 e. The number of thioether (sulfide) groups is 1. The van der Waals surface area contributed by atoms with Gasteiger partial charge in [0.05, 0.1) is 23.3 Å². The van der Waals surface area contributed by atoms with Crippen molar-refractivity contribution < 1.29 is 14.5 Å². The van der Waals surface area contributed by atoms with Crippen LogP contribution >= 0.6 is 23.4 Å². The zero-order valence-electron chi connectivity index (χ0n) is 14.7. The normalized spacial score (nSPS) is 16.6. The van der Waals surface area contributed by atoms with E-state index in [2.05, 4.69) is 4.98 Å². The molecule has 142 valence electrons. The molecule has 0 spiro atoms. The van der Waals surface area contributed by atoms with Crippen LogP contribution in [0.25, 0.3) is 10.9 Å². The quantitative estimate of drug-likeness (QED) is 0.352. The van der Waals surface area contributed by atoms with Crippen molar-refractivity contribution in [3.8, 4) is 5.75 Å². The third kappa shape index (κ3) is 3.14. The fourth-order valence-electron chi connectivity index (χ4n) is 3.18. The summed E-state index contributed by atoms with van der Waals surface area (Å²) in [5.74, 6) is 0.652. The Morgan fingerprint density at radius 3 is 2.82 bits per heavy atom. The van der Waals surface area contributed by atoms with E-state index in [1.54, 1.807) is 31.4 Å². The van der Waals surface area contributed by atoms with Crippen LogP contribution in [0.15, 0.2) is 48.5 Å². The first-order valence-corrected chi connectivity index (χ1v) is 9.73. The molecule has 1 aromatic heterocycles. The second-order valence-corrected chi connectivity index (χ2v) is 7.53. The van der Waals surface area contributed by atoms with E-state index < -0.39 is 10.3 Å². The maximum atomic E-state index is 12.6. The Morgan fingerprint density at radius 1 is 1.29 bits per heavy atom. The number of nitro groups is 1. The molecule has 9 heteroatoms. The average Bonchev–Trinajstić information content (AvgIpc) is 3.07. The SMILES string of the molecule is COc1ccc2cc(C3SCC(=O)N3c3ccccc3[N+](=O)[O-])c(Cl)nc2c1. The predicted octanol–water partition coefficient (Wildman–Crippen LogP) is 4.58. The van der Waals surface area contributed by atoms with Crippen LogP contribution < -0.4 is 9.64 Å². The van der Waals surface area contributed by atoms with Crippen LogP contribution in [-0.4, -0.2) is 28.7 Å². The minimum atomic E-state index is -0.500. The lowest BCUT2D eigenvalue weighted by atomic mass is 10.1. The number of hydrogen-bond acceptors (Lipinski definition) is 6. The first-order valence-electron chi connectivity index (χ1n) is 8.31. The van der Waals surface area contributed by atoms with Gasteiger partial charge in [-0.15, -0.1) is 11.8 Å². The first kappa shape index (κ1) is 18.5. The number of carbonyl (C=O) groups is 1. The van der Waals surface area contributed by atoms with Gasteiger partial charge < -0.3 is 4.74 Å². The molecule has 2 heterocycles. The fourth-order valence-corrected chi connectivity index (χ4v) is 4.67. The maximum absolute atomic E-state index is 12.6. The standard InChI is InChI=1S/C19H14ClN3O4S/c1-27-12-7-6-11-8-13(18(20)21-14(11)9-12)19-22(17(24)10-28-19)15-4-2-3-5-16(15)23(25)26/h2-9,19H,10H2,1H3. The Hall–Kier alpha value is -2.84. The van der Waals surface area contributed by atoms with E-state index in [1.165, 1.54) is 22.7 Å². The van der Waals surface area contributed by atoms with Gasteiger partial charge in [0.15, 0.2) is 0 Å². The highest BCUT2D eigenvalue weighted by Crippen LogP contribution is 2.46. The van der Waals surface area contributed by atoms with Crippen molar-refractivity contribution >= 4 is 51.5 Å². The minimum absolute atomic E-state index is 0.127. The molecule has 1 saturated heterocycles. The molecular formula is C19H14ClN3O4S. The number of ether oxygens (including phenoxy) is 1. The Kier molecular flexibility index (Phi) is 4.82. The second-order valence-electron chi connectivity index (χ2n) is 6.10. The Bertz CT molecular complexity index is 1110. The number of amides is 1. The van der Waals surface area contributed by atoms with Gasteiger partial charge in [-0.2, -0.15) is 0 Å². The molecule has 1 aliphatic rings. The Morgan fingerprint density at radius 2 is 2.07 bits per heavy atom. The number of pyridine rings is 1. The van der Waals surface area contributed by atoms with E-state index in [9.17, 15) is 14.9 Å². The largest absolute Gasteiger partial charge is 0.497 e. The van der Waals surface area contributed by atoms with Crippen LogP contribution in [0.4, 0.5) is 11.4 Å². The lowest BCUT2D eigenvalue weighted by Gasteiger charge is -2.24. The molecule has 1 amide bonds. The van der Waals surface area contributed by atoms with Crippen molar-refractivity contribution in [2.75, 3.05) is 17.8 Å². The molecular weight excluding hydrogens is 402 g/mol. The van der Waals surface area contributed by atoms with Gasteiger partial charge in [-0.3, -0.25) is 19.8 Å². The summed E-state index contributed by atoms with van der Waals surface area (Å²) in [6.45, 7) is 0. The molecule has 7 nitrogen and oxygen atoms in total. The van der Waals surface area contributed by atoms with Crippen molar-refractivity contribution in [1.82, 2.24) is 4.98 Å². The van der Waals surface area contributed by atoms with E-state index in [1.807, 2.05) is 18.2 Å². The molecule has 1 unspecified atom stereocenters. The monoisotopic (exact) mass is 415 g/mol. The van der Waals surface area contributed by atoms with Crippen LogP contribution in [-0.2, 0) is 4.79 Å². The summed E-state index contributed by atoms with van der Waals surface area (Å²) in [6.07, 6.45) is 0.